The molecule has 1 N–H and O–H groups in total. The number of hydrogen-bond acceptors (Lipinski definition) is 4. The molecule has 7 heteroatoms. The SMILES string of the molecule is CCOc1cccc(NS(=O)(=O)c2ccc(N3CCCC3=O)cc2)c1. The first kappa shape index (κ1) is 17.3. The molecule has 1 heterocycles. The molecule has 6 nitrogen and oxygen atoms in total. The van der Waals surface area contributed by atoms with Crippen LogP contribution in [0.3, 0.4) is 0 Å². The number of amides is 1. The third-order valence-corrected chi connectivity index (χ3v) is 5.33. The van der Waals surface area contributed by atoms with E-state index in [2.05, 4.69) is 4.72 Å². The zero-order chi connectivity index (χ0) is 17.9. The highest BCUT2D eigenvalue weighted by Crippen LogP contribution is 2.25. The number of nitrogens with one attached hydrogen (secondary N) is 1. The number of anilines is 2. The molecule has 1 saturated heterocycles. The molecule has 2 aromatic rings. The molecule has 25 heavy (non-hydrogen) atoms. The van der Waals surface area contributed by atoms with Gasteiger partial charge < -0.3 is 9.64 Å². The molecule has 0 bridgehead atoms. The first-order valence-electron chi connectivity index (χ1n) is 8.16. The first-order chi connectivity index (χ1) is 12.0. The zero-order valence-electron chi connectivity index (χ0n) is 13.9. The lowest BCUT2D eigenvalue weighted by Crippen LogP contribution is -2.23. The van der Waals surface area contributed by atoms with Crippen molar-refractivity contribution in [3.63, 3.8) is 0 Å². The molecule has 0 atom stereocenters. The van der Waals surface area contributed by atoms with Crippen LogP contribution in [0.15, 0.2) is 53.4 Å². The summed E-state index contributed by atoms with van der Waals surface area (Å²) in [6.45, 7) is 3.05. The molecule has 0 aliphatic carbocycles. The normalized spacial score (nSPS) is 14.6. The minimum absolute atomic E-state index is 0.0708. The van der Waals surface area contributed by atoms with Gasteiger partial charge >= 0.3 is 0 Å². The Morgan fingerprint density at radius 1 is 1.16 bits per heavy atom. The van der Waals surface area contributed by atoms with Crippen molar-refractivity contribution in [2.75, 3.05) is 22.8 Å². The summed E-state index contributed by atoms with van der Waals surface area (Å²) in [5.41, 5.74) is 1.16. The van der Waals surface area contributed by atoms with E-state index in [1.54, 1.807) is 41.3 Å². The lowest BCUT2D eigenvalue weighted by molar-refractivity contribution is -0.117. The van der Waals surface area contributed by atoms with Gasteiger partial charge in [0, 0.05) is 24.7 Å². The van der Waals surface area contributed by atoms with Crippen molar-refractivity contribution in [3.8, 4) is 5.75 Å². The van der Waals surface area contributed by atoms with E-state index < -0.39 is 10.0 Å². The Morgan fingerprint density at radius 3 is 2.56 bits per heavy atom. The van der Waals surface area contributed by atoms with Crippen molar-refractivity contribution in [1.29, 1.82) is 0 Å². The summed E-state index contributed by atoms with van der Waals surface area (Å²) in [6.07, 6.45) is 1.37. The third-order valence-electron chi connectivity index (χ3n) is 3.93. The van der Waals surface area contributed by atoms with Crippen molar-refractivity contribution in [1.82, 2.24) is 0 Å². The van der Waals surface area contributed by atoms with Crippen molar-refractivity contribution in [3.05, 3.63) is 48.5 Å². The molecule has 2 aromatic carbocycles. The monoisotopic (exact) mass is 360 g/mol. The standard InChI is InChI=1S/C18H20N2O4S/c1-2-24-16-6-3-5-14(13-16)19-25(22,23)17-10-8-15(9-11-17)20-12-4-7-18(20)21/h3,5-6,8-11,13,19H,2,4,7,12H2,1H3. The van der Waals surface area contributed by atoms with Gasteiger partial charge in [-0.05, 0) is 49.7 Å². The highest BCUT2D eigenvalue weighted by Gasteiger charge is 2.22. The number of carbonyl (C=O) groups is 1. The lowest BCUT2D eigenvalue weighted by atomic mass is 10.3. The van der Waals surface area contributed by atoms with Crippen LogP contribution in [0.1, 0.15) is 19.8 Å². The van der Waals surface area contributed by atoms with Crippen LogP contribution in [0.2, 0.25) is 0 Å². The van der Waals surface area contributed by atoms with Gasteiger partial charge in [-0.1, -0.05) is 6.07 Å². The van der Waals surface area contributed by atoms with E-state index in [-0.39, 0.29) is 10.8 Å². The second-order valence-electron chi connectivity index (χ2n) is 5.71. The smallest absolute Gasteiger partial charge is 0.261 e. The third kappa shape index (κ3) is 3.93. The Balaban J connectivity index is 1.78. The fraction of sp³-hybridized carbons (Fsp3) is 0.278. The number of carbonyl (C=O) groups excluding carboxylic acids is 1. The number of benzene rings is 2. The maximum absolute atomic E-state index is 12.5. The second kappa shape index (κ2) is 7.14. The summed E-state index contributed by atoms with van der Waals surface area (Å²) in [7, 11) is -3.71. The van der Waals surface area contributed by atoms with E-state index in [9.17, 15) is 13.2 Å². The fourth-order valence-electron chi connectivity index (χ4n) is 2.76. The van der Waals surface area contributed by atoms with Gasteiger partial charge in [0.1, 0.15) is 5.75 Å². The van der Waals surface area contributed by atoms with E-state index >= 15 is 0 Å². The molecule has 0 saturated carbocycles. The number of hydrogen-bond donors (Lipinski definition) is 1. The van der Waals surface area contributed by atoms with Gasteiger partial charge in [0.15, 0.2) is 0 Å². The number of ether oxygens (including phenoxy) is 1. The lowest BCUT2D eigenvalue weighted by Gasteiger charge is -2.16. The minimum atomic E-state index is -3.71. The van der Waals surface area contributed by atoms with Crippen molar-refractivity contribution < 1.29 is 17.9 Å². The molecular formula is C18H20N2O4S. The maximum atomic E-state index is 12.5. The Hall–Kier alpha value is -2.54. The fourth-order valence-corrected chi connectivity index (χ4v) is 3.81. The Bertz CT molecular complexity index is 863. The van der Waals surface area contributed by atoms with Gasteiger partial charge in [-0.25, -0.2) is 8.42 Å². The molecule has 132 valence electrons. The molecule has 3 rings (SSSR count). The second-order valence-corrected chi connectivity index (χ2v) is 7.39. The van der Waals surface area contributed by atoms with Crippen LogP contribution in [0.4, 0.5) is 11.4 Å². The maximum Gasteiger partial charge on any atom is 0.261 e. The minimum Gasteiger partial charge on any atom is -0.494 e. The van der Waals surface area contributed by atoms with Crippen LogP contribution in [0.5, 0.6) is 5.75 Å². The number of nitrogens with zero attached hydrogens (tertiary/aromatic N) is 1. The molecule has 1 aliphatic rings. The van der Waals surface area contributed by atoms with Gasteiger partial charge in [0.25, 0.3) is 10.0 Å². The van der Waals surface area contributed by atoms with Crippen LogP contribution >= 0.6 is 0 Å². The average molecular weight is 360 g/mol. The van der Waals surface area contributed by atoms with Crippen LogP contribution in [0.25, 0.3) is 0 Å². The quantitative estimate of drug-likeness (QED) is 0.859. The molecule has 0 spiro atoms. The van der Waals surface area contributed by atoms with E-state index in [1.807, 2.05) is 6.92 Å². The van der Waals surface area contributed by atoms with Crippen LogP contribution in [0, 0.1) is 0 Å². The first-order valence-corrected chi connectivity index (χ1v) is 9.64. The molecular weight excluding hydrogens is 340 g/mol. The van der Waals surface area contributed by atoms with E-state index in [1.165, 1.54) is 12.1 Å². The summed E-state index contributed by atoms with van der Waals surface area (Å²) in [4.78, 5) is 13.6. The van der Waals surface area contributed by atoms with Gasteiger partial charge in [0.2, 0.25) is 5.91 Å². The topological polar surface area (TPSA) is 75.7 Å². The predicted octanol–water partition coefficient (Wildman–Crippen LogP) is 3.01. The van der Waals surface area contributed by atoms with E-state index in [0.717, 1.165) is 12.1 Å². The Kier molecular flexibility index (Phi) is 4.94. The number of rotatable bonds is 6. The molecule has 0 unspecified atom stereocenters. The van der Waals surface area contributed by atoms with Gasteiger partial charge in [-0.15, -0.1) is 0 Å². The molecule has 0 radical (unpaired) electrons. The van der Waals surface area contributed by atoms with Gasteiger partial charge in [0.05, 0.1) is 17.2 Å². The van der Waals surface area contributed by atoms with Crippen LogP contribution in [-0.2, 0) is 14.8 Å². The summed E-state index contributed by atoms with van der Waals surface area (Å²) in [5, 5.41) is 0. The zero-order valence-corrected chi connectivity index (χ0v) is 14.8. The van der Waals surface area contributed by atoms with E-state index in [4.69, 9.17) is 4.74 Å². The van der Waals surface area contributed by atoms with Crippen molar-refractivity contribution in [2.24, 2.45) is 0 Å². The summed E-state index contributed by atoms with van der Waals surface area (Å²) in [6, 6.07) is 13.1. The van der Waals surface area contributed by atoms with Crippen LogP contribution in [-0.4, -0.2) is 27.5 Å². The summed E-state index contributed by atoms with van der Waals surface area (Å²) >= 11 is 0. The largest absolute Gasteiger partial charge is 0.494 e. The molecule has 1 aliphatic heterocycles. The summed E-state index contributed by atoms with van der Waals surface area (Å²) in [5.74, 6) is 0.673. The Labute approximate surface area is 147 Å². The van der Waals surface area contributed by atoms with Crippen molar-refractivity contribution >= 4 is 27.3 Å². The number of sulfonamides is 1. The molecule has 0 aromatic heterocycles. The van der Waals surface area contributed by atoms with Gasteiger partial charge in [-0.3, -0.25) is 9.52 Å². The summed E-state index contributed by atoms with van der Waals surface area (Å²) < 4.78 is 33.0. The highest BCUT2D eigenvalue weighted by molar-refractivity contribution is 7.92. The molecule has 1 amide bonds. The van der Waals surface area contributed by atoms with Crippen molar-refractivity contribution in [2.45, 2.75) is 24.7 Å². The average Bonchev–Trinajstić information content (AvgIpc) is 3.01. The van der Waals surface area contributed by atoms with E-state index in [0.29, 0.717) is 31.0 Å². The highest BCUT2D eigenvalue weighted by atomic mass is 32.2. The van der Waals surface area contributed by atoms with Crippen LogP contribution < -0.4 is 14.4 Å². The Morgan fingerprint density at radius 2 is 1.92 bits per heavy atom. The van der Waals surface area contributed by atoms with Gasteiger partial charge in [-0.2, -0.15) is 0 Å². The predicted molar refractivity (Wildman–Crippen MR) is 96.4 cm³/mol. The molecule has 1 fully saturated rings.